The number of amides is 1. The molecule has 1 atom stereocenters. The highest BCUT2D eigenvalue weighted by Gasteiger charge is 2.30. The van der Waals surface area contributed by atoms with Gasteiger partial charge in [0.15, 0.2) is 5.69 Å². The van der Waals surface area contributed by atoms with Crippen molar-refractivity contribution in [3.8, 4) is 0 Å². The van der Waals surface area contributed by atoms with Gasteiger partial charge in [-0.15, -0.1) is 0 Å². The zero-order valence-electron chi connectivity index (χ0n) is 21.5. The Morgan fingerprint density at radius 1 is 0.974 bits per heavy atom. The molecule has 0 unspecified atom stereocenters. The highest BCUT2D eigenvalue weighted by atomic mass is 19.4. The number of aryl methyl sites for hydroxylation is 2. The topological polar surface area (TPSA) is 58.4 Å². The van der Waals surface area contributed by atoms with Crippen LogP contribution in [0.4, 0.5) is 13.2 Å². The lowest BCUT2D eigenvalue weighted by Crippen LogP contribution is -2.27. The molecule has 0 saturated carbocycles. The van der Waals surface area contributed by atoms with E-state index < -0.39 is 11.7 Å². The van der Waals surface area contributed by atoms with Gasteiger partial charge in [-0.25, -0.2) is 4.98 Å². The summed E-state index contributed by atoms with van der Waals surface area (Å²) in [5, 5.41) is 2.91. The van der Waals surface area contributed by atoms with Crippen molar-refractivity contribution in [3.05, 3.63) is 124 Å². The van der Waals surface area contributed by atoms with Crippen LogP contribution < -0.4 is 5.32 Å². The highest BCUT2D eigenvalue weighted by molar-refractivity contribution is 5.92. The summed E-state index contributed by atoms with van der Waals surface area (Å²) < 4.78 is 45.5. The molecule has 198 valence electrons. The third-order valence-corrected chi connectivity index (χ3v) is 6.35. The summed E-state index contributed by atoms with van der Waals surface area (Å²) in [7, 11) is 0. The van der Waals surface area contributed by atoms with E-state index in [9.17, 15) is 18.0 Å². The van der Waals surface area contributed by atoms with E-state index in [1.807, 2.05) is 68.1 Å². The molecule has 1 heterocycles. The Bertz CT molecular complexity index is 1380. The fourth-order valence-electron chi connectivity index (χ4n) is 4.26. The Balaban J connectivity index is 1.53. The summed E-state index contributed by atoms with van der Waals surface area (Å²) in [6, 6.07) is 20.8. The second-order valence-electron chi connectivity index (χ2n) is 9.51. The minimum atomic E-state index is -4.42. The predicted octanol–water partition coefficient (Wildman–Crippen LogP) is 7.00. The molecular formula is C30H30F3N3O2. The normalized spacial score (nSPS) is 12.5. The predicted molar refractivity (Wildman–Crippen MR) is 139 cm³/mol. The first-order valence-corrected chi connectivity index (χ1v) is 12.3. The molecule has 0 aliphatic carbocycles. The van der Waals surface area contributed by atoms with Crippen molar-refractivity contribution in [1.29, 1.82) is 0 Å². The summed E-state index contributed by atoms with van der Waals surface area (Å²) in [5.74, 6) is -0.0601. The van der Waals surface area contributed by atoms with Gasteiger partial charge in [0.2, 0.25) is 5.89 Å². The van der Waals surface area contributed by atoms with Crippen LogP contribution in [-0.4, -0.2) is 15.8 Å². The molecule has 0 radical (unpaired) electrons. The van der Waals surface area contributed by atoms with Crippen LogP contribution in [0.2, 0.25) is 0 Å². The first-order chi connectivity index (χ1) is 18.1. The first-order valence-electron chi connectivity index (χ1n) is 12.3. The third kappa shape index (κ3) is 7.10. The summed E-state index contributed by atoms with van der Waals surface area (Å²) in [4.78, 5) is 19.1. The second-order valence-corrected chi connectivity index (χ2v) is 9.51. The lowest BCUT2D eigenvalue weighted by molar-refractivity contribution is -0.137. The number of nitrogens with zero attached hydrogens (tertiary/aromatic N) is 2. The van der Waals surface area contributed by atoms with E-state index >= 15 is 0 Å². The van der Waals surface area contributed by atoms with Gasteiger partial charge in [-0.05, 0) is 49.1 Å². The minimum Gasteiger partial charge on any atom is -0.447 e. The molecule has 5 nitrogen and oxygen atoms in total. The van der Waals surface area contributed by atoms with Crippen molar-refractivity contribution in [2.75, 3.05) is 0 Å². The average molecular weight is 522 g/mol. The van der Waals surface area contributed by atoms with Crippen molar-refractivity contribution in [3.63, 3.8) is 0 Å². The Morgan fingerprint density at radius 2 is 1.74 bits per heavy atom. The van der Waals surface area contributed by atoms with E-state index in [2.05, 4.69) is 16.4 Å². The number of aromatic nitrogens is 1. The van der Waals surface area contributed by atoms with Crippen LogP contribution in [-0.2, 0) is 25.8 Å². The minimum absolute atomic E-state index is 0.147. The molecule has 1 amide bonds. The van der Waals surface area contributed by atoms with Crippen molar-refractivity contribution in [1.82, 2.24) is 15.2 Å². The fraction of sp³-hybridized carbons (Fsp3) is 0.267. The number of rotatable bonds is 9. The molecule has 4 aromatic rings. The smallest absolute Gasteiger partial charge is 0.416 e. The Hall–Kier alpha value is -3.91. The van der Waals surface area contributed by atoms with Gasteiger partial charge in [-0.1, -0.05) is 72.3 Å². The van der Waals surface area contributed by atoms with Crippen molar-refractivity contribution >= 4 is 5.91 Å². The maximum Gasteiger partial charge on any atom is 0.416 e. The molecule has 0 bridgehead atoms. The standard InChI is InChI=1S/C30H30F3N3O2/c1-20-12-13-21(2)25(14-20)17-36(16-23-8-7-11-26(15-23)30(31,32)33)18-28-35-27(19-38-28)29(37)34-22(3)24-9-5-4-6-10-24/h4-15,19,22H,16-18H2,1-3H3,(H,34,37)/t22-/m0/s1. The molecule has 0 aliphatic heterocycles. The maximum atomic E-state index is 13.3. The molecule has 0 saturated heterocycles. The van der Waals surface area contributed by atoms with Crippen molar-refractivity contribution in [2.45, 2.75) is 52.6 Å². The molecule has 0 aliphatic rings. The van der Waals surface area contributed by atoms with Gasteiger partial charge in [0.25, 0.3) is 5.91 Å². The number of benzene rings is 3. The Kier molecular flexibility index (Phi) is 8.32. The lowest BCUT2D eigenvalue weighted by atomic mass is 10.0. The SMILES string of the molecule is Cc1ccc(C)c(CN(Cc2cccc(C(F)(F)F)c2)Cc2nc(C(=O)N[C@@H](C)c3ccccc3)co2)c1. The van der Waals surface area contributed by atoms with Gasteiger partial charge in [0.1, 0.15) is 6.26 Å². The number of carbonyl (C=O) groups is 1. The number of oxazole rings is 1. The number of hydrogen-bond acceptors (Lipinski definition) is 4. The van der Waals surface area contributed by atoms with Crippen molar-refractivity contribution in [2.24, 2.45) is 0 Å². The summed E-state index contributed by atoms with van der Waals surface area (Å²) in [5.41, 5.74) is 4.16. The third-order valence-electron chi connectivity index (χ3n) is 6.35. The van der Waals surface area contributed by atoms with Gasteiger partial charge in [0.05, 0.1) is 18.2 Å². The molecular weight excluding hydrogens is 491 g/mol. The molecule has 1 aromatic heterocycles. The highest BCUT2D eigenvalue weighted by Crippen LogP contribution is 2.30. The molecule has 1 N–H and O–H groups in total. The fourth-order valence-corrected chi connectivity index (χ4v) is 4.26. The largest absolute Gasteiger partial charge is 0.447 e. The van der Waals surface area contributed by atoms with E-state index in [-0.39, 0.29) is 30.7 Å². The Morgan fingerprint density at radius 3 is 2.47 bits per heavy atom. The number of alkyl halides is 3. The average Bonchev–Trinajstić information content (AvgIpc) is 3.35. The Labute approximate surface area is 220 Å². The van der Waals surface area contributed by atoms with Crippen molar-refractivity contribution < 1.29 is 22.4 Å². The van der Waals surface area contributed by atoms with Gasteiger partial charge in [-0.2, -0.15) is 13.2 Å². The van der Waals surface area contributed by atoms with Gasteiger partial charge < -0.3 is 9.73 Å². The van der Waals surface area contributed by atoms with Crippen LogP contribution in [0.15, 0.2) is 83.5 Å². The van der Waals surface area contributed by atoms with E-state index in [0.29, 0.717) is 18.0 Å². The van der Waals surface area contributed by atoms with Crippen LogP contribution in [0.25, 0.3) is 0 Å². The zero-order valence-corrected chi connectivity index (χ0v) is 21.5. The number of hydrogen-bond donors (Lipinski definition) is 1. The van der Waals surface area contributed by atoms with E-state index in [1.54, 1.807) is 6.07 Å². The van der Waals surface area contributed by atoms with E-state index in [1.165, 1.54) is 12.3 Å². The van der Waals surface area contributed by atoms with Gasteiger partial charge in [-0.3, -0.25) is 9.69 Å². The van der Waals surface area contributed by atoms with Gasteiger partial charge >= 0.3 is 6.18 Å². The monoisotopic (exact) mass is 521 g/mol. The first kappa shape index (κ1) is 27.1. The van der Waals surface area contributed by atoms with Crippen LogP contribution in [0.1, 0.15) is 62.7 Å². The molecule has 0 spiro atoms. The van der Waals surface area contributed by atoms with Crippen LogP contribution in [0, 0.1) is 13.8 Å². The van der Waals surface area contributed by atoms with E-state index in [0.717, 1.165) is 34.4 Å². The number of halogens is 3. The van der Waals surface area contributed by atoms with Gasteiger partial charge in [0, 0.05) is 13.1 Å². The lowest BCUT2D eigenvalue weighted by Gasteiger charge is -2.23. The van der Waals surface area contributed by atoms with Crippen LogP contribution in [0.3, 0.4) is 0 Å². The summed E-state index contributed by atoms with van der Waals surface area (Å²) in [6.07, 6.45) is -3.11. The van der Waals surface area contributed by atoms with Crippen LogP contribution >= 0.6 is 0 Å². The summed E-state index contributed by atoms with van der Waals surface area (Å²) >= 11 is 0. The maximum absolute atomic E-state index is 13.3. The zero-order chi connectivity index (χ0) is 27.3. The molecule has 3 aromatic carbocycles. The van der Waals surface area contributed by atoms with Crippen LogP contribution in [0.5, 0.6) is 0 Å². The van der Waals surface area contributed by atoms with E-state index in [4.69, 9.17) is 4.42 Å². The number of carbonyl (C=O) groups excluding carboxylic acids is 1. The quantitative estimate of drug-likeness (QED) is 0.258. The molecule has 38 heavy (non-hydrogen) atoms. The molecule has 4 rings (SSSR count). The molecule has 0 fully saturated rings. The number of nitrogens with one attached hydrogen (secondary N) is 1. The second kappa shape index (κ2) is 11.6. The molecule has 8 heteroatoms. The summed E-state index contributed by atoms with van der Waals surface area (Å²) in [6.45, 7) is 6.81.